The molecule has 0 amide bonds. The average Bonchev–Trinajstić information content (AvgIpc) is 3.34. The second-order valence-electron chi connectivity index (χ2n) is 14.2. The molecule has 0 bridgehead atoms. The summed E-state index contributed by atoms with van der Waals surface area (Å²) in [4.78, 5) is 15.0. The van der Waals surface area contributed by atoms with E-state index in [4.69, 9.17) is 10.1 Å². The van der Waals surface area contributed by atoms with Crippen molar-refractivity contribution in [1.82, 2.24) is 4.98 Å². The number of hydrogen-bond acceptors (Lipinski definition) is 4. The van der Waals surface area contributed by atoms with Crippen molar-refractivity contribution in [2.75, 3.05) is 0 Å². The van der Waals surface area contributed by atoms with Gasteiger partial charge in [0.25, 0.3) is 0 Å². The van der Waals surface area contributed by atoms with Crippen LogP contribution in [0.4, 0.5) is 0 Å². The van der Waals surface area contributed by atoms with Crippen LogP contribution in [0.25, 0.3) is 53.0 Å². The number of thiophene rings is 1. The molecule has 0 unspecified atom stereocenters. The molecule has 46 heavy (non-hydrogen) atoms. The summed E-state index contributed by atoms with van der Waals surface area (Å²) in [7, 11) is 0. The molecule has 0 saturated heterocycles. The fourth-order valence-corrected chi connectivity index (χ4v) is 8.51. The first-order chi connectivity index (χ1) is 21.3. The average molecular weight is 805 g/mol. The molecule has 0 saturated carbocycles. The van der Waals surface area contributed by atoms with Gasteiger partial charge in [0.15, 0.2) is 5.78 Å². The van der Waals surface area contributed by atoms with Gasteiger partial charge in [-0.25, -0.2) is 0 Å². The molecule has 0 aliphatic heterocycles. The van der Waals surface area contributed by atoms with Crippen LogP contribution in [0.3, 0.4) is 0 Å². The SMILES string of the molecule is CC(=O)/C=C(/C)O.CC(C)c1c[c-]c(-c2nccc3cc4sc5c6c(ccc5c4cc23)C(C)(C)CCC6(C)C)c2ccccc12.[Ir]. The maximum atomic E-state index is 10.0. The van der Waals surface area contributed by atoms with Gasteiger partial charge in [0.05, 0.1) is 5.76 Å². The molecule has 1 aliphatic carbocycles. The number of allylic oxidation sites excluding steroid dienone is 2. The van der Waals surface area contributed by atoms with E-state index in [-0.39, 0.29) is 42.5 Å². The van der Waals surface area contributed by atoms with Crippen LogP contribution in [0.2, 0.25) is 0 Å². The smallest absolute Gasteiger partial charge is 0.155 e. The monoisotopic (exact) mass is 805 g/mol. The molecule has 1 aliphatic rings. The topological polar surface area (TPSA) is 50.2 Å². The minimum atomic E-state index is -0.125. The second kappa shape index (κ2) is 12.7. The number of carbonyl (C=O) groups excluding carboxylic acids is 1. The fourth-order valence-electron chi connectivity index (χ4n) is 7.05. The summed E-state index contributed by atoms with van der Waals surface area (Å²) in [6, 6.07) is 26.3. The van der Waals surface area contributed by atoms with E-state index in [0.717, 1.165) is 11.3 Å². The third-order valence-corrected chi connectivity index (χ3v) is 10.6. The molecular formula is C41H42IrNO2S-. The standard InChI is InChI=1S/C36H34NS.C5H8O2.Ir/c1-21(2)23-11-12-26(25-10-8-7-9-24(23)25)33-28-20-29-27-13-14-30-32(36(5,6)17-16-35(30,3)4)34(27)38-31(29)19-22(28)15-18-37-33;1-4(6)3-5(2)7;/h7-11,13-15,18-21H,16-17H2,1-6H3;3,6H,1-2H3;/q-1;;/b;4-3-;. The van der Waals surface area contributed by atoms with Crippen LogP contribution in [-0.2, 0) is 35.7 Å². The summed E-state index contributed by atoms with van der Waals surface area (Å²) in [6.07, 6.45) is 5.59. The van der Waals surface area contributed by atoms with Gasteiger partial charge >= 0.3 is 0 Å². The van der Waals surface area contributed by atoms with Crippen LogP contribution in [0.15, 0.2) is 78.7 Å². The van der Waals surface area contributed by atoms with Gasteiger partial charge < -0.3 is 10.1 Å². The summed E-state index contributed by atoms with van der Waals surface area (Å²) in [5, 5.41) is 16.1. The Hall–Kier alpha value is -3.37. The molecule has 0 atom stereocenters. The number of hydrogen-bond donors (Lipinski definition) is 1. The van der Waals surface area contributed by atoms with Gasteiger partial charge in [-0.3, -0.25) is 4.79 Å². The molecule has 0 spiro atoms. The first-order valence-corrected chi connectivity index (χ1v) is 16.7. The van der Waals surface area contributed by atoms with Gasteiger partial charge in [-0.15, -0.1) is 34.6 Å². The molecule has 2 heterocycles. The van der Waals surface area contributed by atoms with Crippen molar-refractivity contribution in [3.8, 4) is 11.3 Å². The van der Waals surface area contributed by atoms with Gasteiger partial charge in [0, 0.05) is 52.6 Å². The quantitative estimate of drug-likeness (QED) is 0.110. The molecule has 4 aromatic carbocycles. The Labute approximate surface area is 290 Å². The Morgan fingerprint density at radius 1 is 0.913 bits per heavy atom. The van der Waals surface area contributed by atoms with Crippen molar-refractivity contribution in [2.24, 2.45) is 0 Å². The van der Waals surface area contributed by atoms with Gasteiger partial charge in [-0.05, 0) is 77.2 Å². The number of pyridine rings is 1. The van der Waals surface area contributed by atoms with Crippen molar-refractivity contribution in [3.63, 3.8) is 0 Å². The minimum Gasteiger partial charge on any atom is -0.512 e. The van der Waals surface area contributed by atoms with Crippen molar-refractivity contribution in [1.29, 1.82) is 0 Å². The fraction of sp³-hybridized carbons (Fsp3) is 0.317. The molecule has 5 heteroatoms. The number of carbonyl (C=O) groups is 1. The molecule has 0 fully saturated rings. The zero-order valence-electron chi connectivity index (χ0n) is 28.0. The molecule has 6 aromatic rings. The summed E-state index contributed by atoms with van der Waals surface area (Å²) < 4.78 is 2.83. The Kier molecular flexibility index (Phi) is 9.36. The first-order valence-electron chi connectivity index (χ1n) is 15.9. The Morgan fingerprint density at radius 3 is 2.26 bits per heavy atom. The number of aliphatic hydroxyl groups is 1. The van der Waals surface area contributed by atoms with E-state index in [1.165, 1.54) is 85.6 Å². The van der Waals surface area contributed by atoms with Gasteiger partial charge in [0.1, 0.15) is 0 Å². The van der Waals surface area contributed by atoms with Crippen LogP contribution >= 0.6 is 11.3 Å². The number of ketones is 1. The summed E-state index contributed by atoms with van der Waals surface area (Å²) >= 11 is 1.98. The van der Waals surface area contributed by atoms with E-state index in [1.807, 2.05) is 17.5 Å². The number of aliphatic hydroxyl groups excluding tert-OH is 1. The zero-order chi connectivity index (χ0) is 32.3. The maximum Gasteiger partial charge on any atom is 0.155 e. The maximum absolute atomic E-state index is 10.0. The number of nitrogens with zero attached hydrogens (tertiary/aromatic N) is 1. The summed E-state index contributed by atoms with van der Waals surface area (Å²) in [6.45, 7) is 17.1. The van der Waals surface area contributed by atoms with Gasteiger partial charge in [0.2, 0.25) is 0 Å². The first kappa shape index (κ1) is 34.0. The van der Waals surface area contributed by atoms with E-state index in [9.17, 15) is 4.79 Å². The van der Waals surface area contributed by atoms with Crippen LogP contribution in [-0.4, -0.2) is 15.9 Å². The van der Waals surface area contributed by atoms with E-state index in [1.54, 1.807) is 5.56 Å². The largest absolute Gasteiger partial charge is 0.512 e. The predicted molar refractivity (Wildman–Crippen MR) is 193 cm³/mol. The Balaban J connectivity index is 0.000000471. The third kappa shape index (κ3) is 6.06. The number of benzene rings is 4. The molecule has 3 nitrogen and oxygen atoms in total. The Morgan fingerprint density at radius 2 is 1.61 bits per heavy atom. The van der Waals surface area contributed by atoms with Crippen molar-refractivity contribution < 1.29 is 30.0 Å². The van der Waals surface area contributed by atoms with Crippen molar-refractivity contribution >= 4 is 58.8 Å². The number of fused-ring (bicyclic) bond motifs is 7. The summed E-state index contributed by atoms with van der Waals surface area (Å²) in [5.41, 5.74) is 6.96. The van der Waals surface area contributed by atoms with Crippen LogP contribution in [0.5, 0.6) is 0 Å². The van der Waals surface area contributed by atoms with E-state index in [2.05, 4.69) is 108 Å². The zero-order valence-corrected chi connectivity index (χ0v) is 31.2. The number of aromatic nitrogens is 1. The van der Waals surface area contributed by atoms with Crippen molar-refractivity contribution in [2.45, 2.75) is 85.0 Å². The number of rotatable bonds is 3. The molecule has 239 valence electrons. The van der Waals surface area contributed by atoms with Gasteiger partial charge in [-0.2, -0.15) is 0 Å². The summed E-state index contributed by atoms with van der Waals surface area (Å²) in [5.74, 6) is 0.384. The van der Waals surface area contributed by atoms with E-state index in [0.29, 0.717) is 5.92 Å². The molecule has 2 aromatic heterocycles. The Bertz CT molecular complexity index is 2150. The molecular weight excluding hydrogens is 763 g/mol. The van der Waals surface area contributed by atoms with Crippen LogP contribution < -0.4 is 0 Å². The van der Waals surface area contributed by atoms with Crippen LogP contribution in [0.1, 0.15) is 90.8 Å². The second-order valence-corrected chi connectivity index (χ2v) is 15.2. The minimum absolute atomic E-state index is 0. The molecule has 1 radical (unpaired) electrons. The van der Waals surface area contributed by atoms with E-state index < -0.39 is 0 Å². The van der Waals surface area contributed by atoms with Gasteiger partial charge in [-0.1, -0.05) is 101 Å². The molecule has 7 rings (SSSR count). The predicted octanol–water partition coefficient (Wildman–Crippen LogP) is 11.7. The molecule has 1 N–H and O–H groups in total. The van der Waals surface area contributed by atoms with Crippen molar-refractivity contribution in [3.05, 3.63) is 101 Å². The van der Waals surface area contributed by atoms with E-state index >= 15 is 0 Å². The third-order valence-electron chi connectivity index (χ3n) is 9.46. The normalized spacial score (nSPS) is 15.5. The van der Waals surface area contributed by atoms with Crippen LogP contribution in [0, 0.1) is 6.07 Å².